The molecule has 2 heteroatoms. The van der Waals surface area contributed by atoms with Crippen LogP contribution in [0.25, 0.3) is 28.0 Å². The Morgan fingerprint density at radius 3 is 2.27 bits per heavy atom. The number of para-hydroxylation sites is 1. The van der Waals surface area contributed by atoms with Gasteiger partial charge in [-0.3, -0.25) is 0 Å². The summed E-state index contributed by atoms with van der Waals surface area (Å²) < 4.78 is 2.74. The van der Waals surface area contributed by atoms with Crippen LogP contribution in [0, 0.1) is 35.5 Å². The summed E-state index contributed by atoms with van der Waals surface area (Å²) in [6.07, 6.45) is 40.1. The Bertz CT molecular complexity index is 3110. The highest BCUT2D eigenvalue weighted by Gasteiger charge is 2.55. The van der Waals surface area contributed by atoms with Gasteiger partial charge in [-0.05, 0) is 144 Å². The van der Waals surface area contributed by atoms with Gasteiger partial charge in [0.05, 0.1) is 17.7 Å². The molecule has 2 heterocycles. The summed E-state index contributed by atoms with van der Waals surface area (Å²) >= 11 is 0. The second kappa shape index (κ2) is 14.0. The molecule has 0 bridgehead atoms. The standard InChI is InChI=1S/C62H53N2/c1-37-26-28-45-50(32-37)46-30-31-48-58(46)51(45)34-52-56(41-33-53(39-16-7-3-8-17-39)63(36-41)42-20-11-5-12-21-42)60-47-25-15-24-44-38(2)27-29-49(57(44)47)61(60)62(59(48)52)55-35-54(40-18-9-4-10-19-40)64(55)43-22-13-6-14-23-43/h3-22,24-29,32,35-36,43-46,50-51,53,57H,23,30-31,33-34H2,1-2H3/q+1. The predicted molar refractivity (Wildman–Crippen MR) is 265 cm³/mol. The number of fused-ring (bicyclic) bond motifs is 8. The molecule has 2 aliphatic heterocycles. The van der Waals surface area contributed by atoms with Crippen LogP contribution in [0.4, 0.5) is 5.69 Å². The molecule has 1 fully saturated rings. The Labute approximate surface area is 378 Å². The van der Waals surface area contributed by atoms with Crippen molar-refractivity contribution in [2.24, 2.45) is 35.5 Å². The van der Waals surface area contributed by atoms with Crippen molar-refractivity contribution in [2.75, 3.05) is 4.90 Å². The topological polar surface area (TPSA) is 6.25 Å². The summed E-state index contributed by atoms with van der Waals surface area (Å²) in [4.78, 5) is 2.60. The van der Waals surface area contributed by atoms with Gasteiger partial charge in [0.1, 0.15) is 0 Å². The number of anilines is 1. The summed E-state index contributed by atoms with van der Waals surface area (Å²) in [5.41, 5.74) is 26.9. The molecular weight excluding hydrogens is 773 g/mol. The number of benzene rings is 4. The van der Waals surface area contributed by atoms with Gasteiger partial charge < -0.3 is 4.90 Å². The molecule has 8 unspecified atom stereocenters. The fourth-order valence-electron chi connectivity index (χ4n) is 14.3. The van der Waals surface area contributed by atoms with Gasteiger partial charge in [0, 0.05) is 41.3 Å². The van der Waals surface area contributed by atoms with E-state index in [1.54, 1.807) is 27.8 Å². The highest BCUT2D eigenvalue weighted by molar-refractivity contribution is 6.22. The third-order valence-electron chi connectivity index (χ3n) is 16.9. The van der Waals surface area contributed by atoms with E-state index >= 15 is 0 Å². The van der Waals surface area contributed by atoms with E-state index in [1.807, 2.05) is 0 Å². The maximum atomic E-state index is 2.74. The average molecular weight is 826 g/mol. The molecule has 0 aromatic heterocycles. The molecule has 1 saturated carbocycles. The van der Waals surface area contributed by atoms with Gasteiger partial charge in [-0.1, -0.05) is 150 Å². The first-order valence-corrected chi connectivity index (χ1v) is 24.1. The third kappa shape index (κ3) is 5.17. The van der Waals surface area contributed by atoms with Crippen LogP contribution in [0.15, 0.2) is 193 Å². The molecular formula is C62H53N2+. The van der Waals surface area contributed by atoms with Gasteiger partial charge in [-0.25, -0.2) is 0 Å². The first-order chi connectivity index (χ1) is 31.6. The van der Waals surface area contributed by atoms with Gasteiger partial charge in [-0.15, -0.1) is 0 Å². The summed E-state index contributed by atoms with van der Waals surface area (Å²) in [6.45, 7) is 4.68. The van der Waals surface area contributed by atoms with Crippen LogP contribution >= 0.6 is 0 Å². The predicted octanol–water partition coefficient (Wildman–Crippen LogP) is 14.1. The van der Waals surface area contributed by atoms with Gasteiger partial charge in [0.15, 0.2) is 6.04 Å². The van der Waals surface area contributed by atoms with E-state index in [9.17, 15) is 0 Å². The van der Waals surface area contributed by atoms with Crippen molar-refractivity contribution in [1.29, 1.82) is 0 Å². The summed E-state index contributed by atoms with van der Waals surface area (Å²) in [6, 6.07) is 34.1. The number of hydrogen-bond donors (Lipinski definition) is 0. The van der Waals surface area contributed by atoms with E-state index in [0.29, 0.717) is 35.5 Å². The van der Waals surface area contributed by atoms with Crippen molar-refractivity contribution in [3.05, 3.63) is 237 Å². The average Bonchev–Trinajstić information content (AvgIpc) is 4.12. The quantitative estimate of drug-likeness (QED) is 0.176. The third-order valence-corrected chi connectivity index (χ3v) is 16.9. The first kappa shape index (κ1) is 36.9. The molecule has 8 atom stereocenters. The van der Waals surface area contributed by atoms with Crippen LogP contribution < -0.4 is 4.90 Å². The van der Waals surface area contributed by atoms with E-state index in [4.69, 9.17) is 0 Å². The van der Waals surface area contributed by atoms with Crippen molar-refractivity contribution in [2.45, 2.75) is 58.0 Å². The molecule has 14 rings (SSSR count). The van der Waals surface area contributed by atoms with Crippen molar-refractivity contribution in [1.82, 2.24) is 0 Å². The number of hydrogen-bond acceptors (Lipinski definition) is 1. The zero-order valence-corrected chi connectivity index (χ0v) is 36.8. The van der Waals surface area contributed by atoms with Gasteiger partial charge >= 0.3 is 0 Å². The molecule has 0 N–H and O–H groups in total. The second-order valence-electron chi connectivity index (χ2n) is 20.0. The lowest BCUT2D eigenvalue weighted by molar-refractivity contribution is -0.470. The molecule has 2 nitrogen and oxygen atoms in total. The molecule has 4 aromatic rings. The molecule has 4 aromatic carbocycles. The number of rotatable bonds is 6. The molecule has 0 spiro atoms. The lowest BCUT2D eigenvalue weighted by atomic mass is 9.69. The van der Waals surface area contributed by atoms with E-state index in [1.165, 1.54) is 85.6 Å². The van der Waals surface area contributed by atoms with Crippen LogP contribution in [0.3, 0.4) is 0 Å². The Hall–Kier alpha value is -6.51. The van der Waals surface area contributed by atoms with Crippen molar-refractivity contribution in [3.63, 3.8) is 0 Å². The van der Waals surface area contributed by atoms with E-state index in [0.717, 1.165) is 19.3 Å². The maximum Gasteiger partial charge on any atom is 0.221 e. The maximum absolute atomic E-state index is 2.74. The van der Waals surface area contributed by atoms with Crippen molar-refractivity contribution < 1.29 is 4.58 Å². The lowest BCUT2D eigenvalue weighted by Gasteiger charge is -2.35. The monoisotopic (exact) mass is 825 g/mol. The van der Waals surface area contributed by atoms with Crippen LogP contribution in [0.1, 0.15) is 90.1 Å². The number of nitrogens with zero attached hydrogens (tertiary/aromatic N) is 2. The lowest BCUT2D eigenvalue weighted by Crippen LogP contribution is -2.37. The fourth-order valence-corrected chi connectivity index (χ4v) is 14.3. The molecule has 0 amide bonds. The summed E-state index contributed by atoms with van der Waals surface area (Å²) in [7, 11) is 0. The fraction of sp³-hybridized carbons (Fsp3) is 0.242. The van der Waals surface area contributed by atoms with Crippen LogP contribution in [-0.2, 0) is 6.42 Å². The van der Waals surface area contributed by atoms with Gasteiger partial charge in [0.2, 0.25) is 11.4 Å². The Morgan fingerprint density at radius 1 is 0.672 bits per heavy atom. The Kier molecular flexibility index (Phi) is 8.07. The minimum absolute atomic E-state index is 0.211. The van der Waals surface area contributed by atoms with E-state index in [2.05, 4.69) is 200 Å². The zero-order chi connectivity index (χ0) is 42.2. The van der Waals surface area contributed by atoms with Crippen molar-refractivity contribution >= 4 is 39.4 Å². The van der Waals surface area contributed by atoms with Gasteiger partial charge in [0.25, 0.3) is 0 Å². The van der Waals surface area contributed by atoms with E-state index < -0.39 is 0 Å². The van der Waals surface area contributed by atoms with Crippen LogP contribution in [0.2, 0.25) is 0 Å². The molecule has 310 valence electrons. The SMILES string of the molecule is CC1=CC2C3CCC4=C3C(Cc3c(C5=CN(c6ccccc6)C(c6ccccc6)C5)c5c(c(C6=[N+](C7C=CC=CC7)C(c7ccccc7)=C6)c34)C3=CC=C(C)C4C=CC=C5C34)C2C=C1. The number of allylic oxidation sites excluding steroid dienone is 17. The Balaban J connectivity index is 1.09. The molecule has 8 aliphatic carbocycles. The molecule has 64 heavy (non-hydrogen) atoms. The normalized spacial score (nSPS) is 29.6. The minimum atomic E-state index is 0.211. The molecule has 0 radical (unpaired) electrons. The zero-order valence-electron chi connectivity index (χ0n) is 36.8. The van der Waals surface area contributed by atoms with Crippen molar-refractivity contribution in [3.8, 4) is 0 Å². The molecule has 0 saturated heterocycles. The Morgan fingerprint density at radius 2 is 1.45 bits per heavy atom. The van der Waals surface area contributed by atoms with E-state index in [-0.39, 0.29) is 12.1 Å². The summed E-state index contributed by atoms with van der Waals surface area (Å²) in [5, 5.41) is 0. The van der Waals surface area contributed by atoms with Crippen LogP contribution in [0.5, 0.6) is 0 Å². The smallest absolute Gasteiger partial charge is 0.221 e. The highest BCUT2D eigenvalue weighted by atomic mass is 15.2. The molecule has 10 aliphatic rings. The minimum Gasteiger partial charge on any atom is -0.340 e. The van der Waals surface area contributed by atoms with Crippen LogP contribution in [-0.4, -0.2) is 16.3 Å². The van der Waals surface area contributed by atoms with Gasteiger partial charge in [-0.2, -0.15) is 4.58 Å². The second-order valence-corrected chi connectivity index (χ2v) is 20.0. The highest BCUT2D eigenvalue weighted by Crippen LogP contribution is 2.66. The first-order valence-electron chi connectivity index (χ1n) is 24.1. The largest absolute Gasteiger partial charge is 0.340 e. The summed E-state index contributed by atoms with van der Waals surface area (Å²) in [5.74, 6) is 3.00.